The summed E-state index contributed by atoms with van der Waals surface area (Å²) in [6.45, 7) is 0. The molecule has 2 aromatic heterocycles. The zero-order valence-corrected chi connectivity index (χ0v) is 14.8. The van der Waals surface area contributed by atoms with Crippen LogP contribution in [0.25, 0.3) is 22.4 Å². The Hall–Kier alpha value is -3.19. The third-order valence-corrected chi connectivity index (χ3v) is 4.13. The molecule has 4 aromatic rings. The number of carbonyl (C=O) groups is 1. The molecule has 0 fully saturated rings. The molecule has 1 N–H and O–H groups in total. The van der Waals surface area contributed by atoms with E-state index < -0.39 is 5.63 Å². The maximum atomic E-state index is 12.2. The van der Waals surface area contributed by atoms with Crippen LogP contribution in [0.3, 0.4) is 0 Å². The molecule has 0 aliphatic heterocycles. The Morgan fingerprint density at radius 1 is 1.00 bits per heavy atom. The lowest BCUT2D eigenvalue weighted by molar-refractivity contribution is 0.0995. The highest BCUT2D eigenvalue weighted by atomic mass is 79.9. The topological polar surface area (TPSA) is 85.3 Å². The number of para-hydroxylation sites is 1. The zero-order valence-electron chi connectivity index (χ0n) is 13.2. The van der Waals surface area contributed by atoms with Crippen LogP contribution in [0.15, 0.2) is 79.0 Å². The van der Waals surface area contributed by atoms with Crippen molar-refractivity contribution >= 4 is 38.4 Å². The Morgan fingerprint density at radius 2 is 1.85 bits per heavy atom. The van der Waals surface area contributed by atoms with Crippen molar-refractivity contribution in [3.05, 3.63) is 81.5 Å². The van der Waals surface area contributed by atoms with Gasteiger partial charge in [0, 0.05) is 11.3 Å². The van der Waals surface area contributed by atoms with Gasteiger partial charge in [-0.3, -0.25) is 4.79 Å². The number of hydrogen-bond donors (Lipinski definition) is 1. The summed E-state index contributed by atoms with van der Waals surface area (Å²) in [6, 6.07) is 17.0. The van der Waals surface area contributed by atoms with Crippen LogP contribution in [0.1, 0.15) is 10.6 Å². The largest absolute Gasteiger partial charge is 0.444 e. The van der Waals surface area contributed by atoms with E-state index in [4.69, 9.17) is 8.83 Å². The average molecular weight is 411 g/mol. The number of nitrogens with zero attached hydrogens (tertiary/aromatic N) is 1. The highest BCUT2D eigenvalue weighted by molar-refractivity contribution is 9.10. The molecule has 128 valence electrons. The first-order valence-electron chi connectivity index (χ1n) is 7.67. The summed E-state index contributed by atoms with van der Waals surface area (Å²) < 4.78 is 11.0. The van der Waals surface area contributed by atoms with Crippen molar-refractivity contribution in [2.75, 3.05) is 5.32 Å². The number of benzene rings is 2. The molecule has 0 radical (unpaired) electrons. The molecule has 0 spiro atoms. The normalized spacial score (nSPS) is 10.8. The predicted octanol–water partition coefficient (Wildman–Crippen LogP) is 4.46. The van der Waals surface area contributed by atoms with E-state index in [0.29, 0.717) is 26.8 Å². The van der Waals surface area contributed by atoms with Crippen LogP contribution in [-0.4, -0.2) is 10.9 Å². The molecule has 26 heavy (non-hydrogen) atoms. The first kappa shape index (κ1) is 16.3. The number of hydrogen-bond acceptors (Lipinski definition) is 5. The molecular formula is C19H11BrN2O4. The van der Waals surface area contributed by atoms with Gasteiger partial charge in [-0.25, -0.2) is 9.78 Å². The lowest BCUT2D eigenvalue weighted by atomic mass is 10.2. The van der Waals surface area contributed by atoms with Gasteiger partial charge >= 0.3 is 5.63 Å². The van der Waals surface area contributed by atoms with Crippen LogP contribution in [0.5, 0.6) is 0 Å². The maximum absolute atomic E-state index is 12.2. The van der Waals surface area contributed by atoms with E-state index in [1.807, 2.05) is 0 Å². The minimum absolute atomic E-state index is 0.178. The molecule has 2 heterocycles. The van der Waals surface area contributed by atoms with Crippen LogP contribution in [0, 0.1) is 0 Å². The Labute approximate surface area is 155 Å². The molecule has 0 saturated heterocycles. The number of nitrogens with one attached hydrogen (secondary N) is 1. The van der Waals surface area contributed by atoms with Crippen molar-refractivity contribution in [3.8, 4) is 11.5 Å². The number of halogens is 1. The summed E-state index contributed by atoms with van der Waals surface area (Å²) in [6.07, 6.45) is 0. The summed E-state index contributed by atoms with van der Waals surface area (Å²) in [5.74, 6) is -0.0241. The quantitative estimate of drug-likeness (QED) is 0.538. The van der Waals surface area contributed by atoms with Crippen molar-refractivity contribution in [2.45, 2.75) is 0 Å². The number of anilines is 1. The van der Waals surface area contributed by atoms with Gasteiger partial charge in [0.15, 0.2) is 10.4 Å². The Kier molecular flexibility index (Phi) is 4.14. The van der Waals surface area contributed by atoms with Crippen molar-refractivity contribution in [3.63, 3.8) is 0 Å². The summed E-state index contributed by atoms with van der Waals surface area (Å²) in [5.41, 5.74) is 1.19. The molecule has 0 aliphatic carbocycles. The number of amides is 1. The van der Waals surface area contributed by atoms with E-state index in [1.54, 1.807) is 60.7 Å². The summed E-state index contributed by atoms with van der Waals surface area (Å²) >= 11 is 3.16. The van der Waals surface area contributed by atoms with Gasteiger partial charge in [0.25, 0.3) is 5.91 Å². The van der Waals surface area contributed by atoms with E-state index in [1.165, 1.54) is 0 Å². The van der Waals surface area contributed by atoms with Gasteiger partial charge in [-0.05, 0) is 58.4 Å². The SMILES string of the molecule is O=C(Nc1cccc(-c2nc3ccccc3c(=O)o2)c1)c1ccc(Br)o1. The number of fused-ring (bicyclic) bond motifs is 1. The van der Waals surface area contributed by atoms with E-state index in [0.717, 1.165) is 0 Å². The highest BCUT2D eigenvalue weighted by Crippen LogP contribution is 2.23. The van der Waals surface area contributed by atoms with E-state index in [9.17, 15) is 9.59 Å². The standard InChI is InChI=1S/C19H11BrN2O4/c20-16-9-8-15(25-16)17(23)21-12-5-3-4-11(10-12)18-22-14-7-2-1-6-13(14)19(24)26-18/h1-10H,(H,21,23). The Balaban J connectivity index is 1.68. The van der Waals surface area contributed by atoms with Gasteiger partial charge in [-0.1, -0.05) is 18.2 Å². The molecule has 0 atom stereocenters. The fourth-order valence-electron chi connectivity index (χ4n) is 2.50. The van der Waals surface area contributed by atoms with Gasteiger partial charge in [0.1, 0.15) is 0 Å². The van der Waals surface area contributed by atoms with E-state index >= 15 is 0 Å². The first-order valence-corrected chi connectivity index (χ1v) is 8.46. The van der Waals surface area contributed by atoms with E-state index in [-0.39, 0.29) is 17.6 Å². The Bertz CT molecular complexity index is 1180. The second kappa shape index (κ2) is 6.61. The van der Waals surface area contributed by atoms with E-state index in [2.05, 4.69) is 26.2 Å². The van der Waals surface area contributed by atoms with Crippen LogP contribution in [-0.2, 0) is 0 Å². The minimum Gasteiger partial charge on any atom is -0.444 e. The summed E-state index contributed by atoms with van der Waals surface area (Å²) in [7, 11) is 0. The fraction of sp³-hybridized carbons (Fsp3) is 0. The lowest BCUT2D eigenvalue weighted by Gasteiger charge is -2.06. The molecule has 7 heteroatoms. The van der Waals surface area contributed by atoms with Crippen molar-refractivity contribution < 1.29 is 13.6 Å². The smallest absolute Gasteiger partial charge is 0.347 e. The third kappa shape index (κ3) is 3.16. The fourth-order valence-corrected chi connectivity index (χ4v) is 2.81. The van der Waals surface area contributed by atoms with Gasteiger partial charge in [-0.15, -0.1) is 0 Å². The number of furan rings is 1. The Morgan fingerprint density at radius 3 is 2.65 bits per heavy atom. The monoisotopic (exact) mass is 410 g/mol. The molecule has 0 aliphatic rings. The van der Waals surface area contributed by atoms with Gasteiger partial charge < -0.3 is 14.2 Å². The summed E-state index contributed by atoms with van der Waals surface area (Å²) in [4.78, 5) is 28.7. The molecule has 6 nitrogen and oxygen atoms in total. The first-order chi connectivity index (χ1) is 12.6. The van der Waals surface area contributed by atoms with Gasteiger partial charge in [0.2, 0.25) is 5.89 Å². The van der Waals surface area contributed by atoms with Crippen LogP contribution in [0.2, 0.25) is 0 Å². The third-order valence-electron chi connectivity index (χ3n) is 3.70. The minimum atomic E-state index is -0.458. The zero-order chi connectivity index (χ0) is 18.1. The number of rotatable bonds is 3. The van der Waals surface area contributed by atoms with Crippen molar-refractivity contribution in [1.29, 1.82) is 0 Å². The second-order valence-electron chi connectivity index (χ2n) is 5.46. The van der Waals surface area contributed by atoms with Crippen LogP contribution >= 0.6 is 15.9 Å². The average Bonchev–Trinajstić information content (AvgIpc) is 3.08. The molecule has 4 rings (SSSR count). The van der Waals surface area contributed by atoms with Gasteiger partial charge in [0.05, 0.1) is 10.9 Å². The molecule has 0 saturated carbocycles. The predicted molar refractivity (Wildman–Crippen MR) is 100 cm³/mol. The highest BCUT2D eigenvalue weighted by Gasteiger charge is 2.12. The maximum Gasteiger partial charge on any atom is 0.347 e. The second-order valence-corrected chi connectivity index (χ2v) is 6.24. The lowest BCUT2D eigenvalue weighted by Crippen LogP contribution is -2.10. The number of aromatic nitrogens is 1. The molecular weight excluding hydrogens is 400 g/mol. The number of carbonyl (C=O) groups excluding carboxylic acids is 1. The van der Waals surface area contributed by atoms with Crippen molar-refractivity contribution in [2.24, 2.45) is 0 Å². The molecule has 2 aromatic carbocycles. The molecule has 0 bridgehead atoms. The van der Waals surface area contributed by atoms with Crippen LogP contribution < -0.4 is 10.9 Å². The molecule has 1 amide bonds. The van der Waals surface area contributed by atoms with Gasteiger partial charge in [-0.2, -0.15) is 0 Å². The van der Waals surface area contributed by atoms with Crippen LogP contribution in [0.4, 0.5) is 5.69 Å². The molecule has 0 unspecified atom stereocenters. The van der Waals surface area contributed by atoms with Crippen molar-refractivity contribution in [1.82, 2.24) is 4.98 Å². The summed E-state index contributed by atoms with van der Waals surface area (Å²) in [5, 5.41) is 3.15.